The number of fused-ring (bicyclic) bond motifs is 1. The fourth-order valence-corrected chi connectivity index (χ4v) is 3.97. The molecule has 0 saturated carbocycles. The van der Waals surface area contributed by atoms with Gasteiger partial charge in [0.05, 0.1) is 16.6 Å². The molecule has 1 N–H and O–H groups in total. The molecule has 4 nitrogen and oxygen atoms in total. The highest BCUT2D eigenvalue weighted by Gasteiger charge is 2.71. The quantitative estimate of drug-likeness (QED) is 0.357. The zero-order chi connectivity index (χ0) is 26.5. The van der Waals surface area contributed by atoms with Crippen molar-refractivity contribution in [2.75, 3.05) is 0 Å². The van der Waals surface area contributed by atoms with Crippen LogP contribution in [0.25, 0.3) is 16.6 Å². The molecule has 0 bridgehead atoms. The number of aromatic nitrogens is 2. The van der Waals surface area contributed by atoms with Gasteiger partial charge in [-0.15, -0.1) is 0 Å². The number of nitrogens with zero attached hydrogens (tertiary/aromatic N) is 2. The zero-order valence-corrected chi connectivity index (χ0v) is 18.5. The lowest BCUT2D eigenvalue weighted by atomic mass is 9.92. The minimum Gasteiger partial charge on any atom is -0.369 e. The molecule has 0 atom stereocenters. The fourth-order valence-electron chi connectivity index (χ4n) is 3.97. The highest BCUT2D eigenvalue weighted by atomic mass is 19.4. The Hall–Kier alpha value is -3.73. The van der Waals surface area contributed by atoms with E-state index < -0.39 is 40.6 Å². The van der Waals surface area contributed by atoms with Crippen molar-refractivity contribution in [1.29, 1.82) is 0 Å². The van der Waals surface area contributed by atoms with Crippen LogP contribution in [-0.2, 0) is 12.0 Å². The molecule has 1 heterocycles. The van der Waals surface area contributed by atoms with Crippen molar-refractivity contribution in [3.8, 4) is 5.69 Å². The summed E-state index contributed by atoms with van der Waals surface area (Å²) in [7, 11) is 0. The third-order valence-electron chi connectivity index (χ3n) is 5.85. The van der Waals surface area contributed by atoms with E-state index in [2.05, 4.69) is 4.98 Å². The molecule has 0 spiro atoms. The van der Waals surface area contributed by atoms with Gasteiger partial charge in [-0.2, -0.15) is 26.3 Å². The maximum absolute atomic E-state index is 14.2. The second-order valence-corrected chi connectivity index (χ2v) is 8.15. The molecule has 0 fully saturated rings. The minimum atomic E-state index is -6.11. The van der Waals surface area contributed by atoms with E-state index in [4.69, 9.17) is 0 Å². The second kappa shape index (κ2) is 8.74. The summed E-state index contributed by atoms with van der Waals surface area (Å²) >= 11 is 0. The van der Waals surface area contributed by atoms with Crippen LogP contribution in [0.15, 0.2) is 71.5 Å². The second-order valence-electron chi connectivity index (χ2n) is 8.15. The molecule has 0 aliphatic heterocycles. The predicted molar refractivity (Wildman–Crippen MR) is 117 cm³/mol. The molecule has 3 aromatic carbocycles. The van der Waals surface area contributed by atoms with E-state index in [1.54, 1.807) is 30.3 Å². The van der Waals surface area contributed by atoms with E-state index in [0.717, 1.165) is 22.8 Å². The summed E-state index contributed by atoms with van der Waals surface area (Å²) in [4.78, 5) is 17.9. The smallest absolute Gasteiger partial charge is 0.369 e. The highest BCUT2D eigenvalue weighted by molar-refractivity contribution is 5.81. The lowest BCUT2D eigenvalue weighted by Crippen LogP contribution is -2.54. The Morgan fingerprint density at radius 3 is 2.14 bits per heavy atom. The summed E-state index contributed by atoms with van der Waals surface area (Å²) in [6.45, 7) is 1.31. The first-order valence-corrected chi connectivity index (χ1v) is 10.5. The maximum atomic E-state index is 14.2. The van der Waals surface area contributed by atoms with Gasteiger partial charge < -0.3 is 5.11 Å². The molecule has 36 heavy (non-hydrogen) atoms. The van der Waals surface area contributed by atoms with E-state index in [-0.39, 0.29) is 28.7 Å². The Kier molecular flexibility index (Phi) is 6.16. The van der Waals surface area contributed by atoms with Crippen LogP contribution < -0.4 is 5.56 Å². The van der Waals surface area contributed by atoms with Crippen LogP contribution in [0.5, 0.6) is 0 Å². The van der Waals surface area contributed by atoms with Gasteiger partial charge in [-0.25, -0.2) is 9.37 Å². The van der Waals surface area contributed by atoms with Crippen molar-refractivity contribution in [2.45, 2.75) is 31.3 Å². The van der Waals surface area contributed by atoms with Crippen molar-refractivity contribution < 1.29 is 35.8 Å². The lowest BCUT2D eigenvalue weighted by Gasteiger charge is -2.33. The first-order valence-electron chi connectivity index (χ1n) is 10.5. The number of rotatable bonds is 4. The van der Waals surface area contributed by atoms with Crippen molar-refractivity contribution in [2.24, 2.45) is 0 Å². The molecule has 0 aliphatic carbocycles. The number of hydrogen-bond acceptors (Lipinski definition) is 3. The third kappa shape index (κ3) is 4.13. The summed E-state index contributed by atoms with van der Waals surface area (Å²) in [5.41, 5.74) is -7.34. The number of hydrogen-bond donors (Lipinski definition) is 1. The number of alkyl halides is 6. The van der Waals surface area contributed by atoms with Crippen molar-refractivity contribution in [1.82, 2.24) is 9.55 Å². The van der Waals surface area contributed by atoms with Crippen LogP contribution in [0.4, 0.5) is 30.7 Å². The monoisotopic (exact) mass is 510 g/mol. The van der Waals surface area contributed by atoms with Crippen molar-refractivity contribution in [3.63, 3.8) is 0 Å². The summed E-state index contributed by atoms with van der Waals surface area (Å²) in [5.74, 6) is -0.745. The fraction of sp³-hybridized carbons (Fsp3) is 0.200. The summed E-state index contributed by atoms with van der Waals surface area (Å²) in [6.07, 6.45) is -12.2. The molecular formula is C25H17F7N2O2. The summed E-state index contributed by atoms with van der Waals surface area (Å²) in [6, 6.07) is 13.7. The predicted octanol–water partition coefficient (Wildman–Crippen LogP) is 5.74. The SMILES string of the molecule is Cc1c(F)ccc2nc(Cc3ccccc3)n(-c3cccc(C(O)(C(F)(F)F)C(F)(F)F)c3)c(=O)c12. The van der Waals surface area contributed by atoms with E-state index in [9.17, 15) is 40.6 Å². The van der Waals surface area contributed by atoms with Crippen LogP contribution in [0.2, 0.25) is 0 Å². The number of aliphatic hydroxyl groups is 1. The topological polar surface area (TPSA) is 55.1 Å². The largest absolute Gasteiger partial charge is 0.430 e. The normalized spacial score (nSPS) is 12.8. The van der Waals surface area contributed by atoms with E-state index >= 15 is 0 Å². The molecule has 0 radical (unpaired) electrons. The van der Waals surface area contributed by atoms with Crippen LogP contribution in [0.3, 0.4) is 0 Å². The first kappa shape index (κ1) is 25.4. The number of benzene rings is 3. The molecule has 0 amide bonds. The Labute approximate surface area is 199 Å². The van der Waals surface area contributed by atoms with Crippen LogP contribution in [0, 0.1) is 12.7 Å². The van der Waals surface area contributed by atoms with Crippen LogP contribution >= 0.6 is 0 Å². The standard InChI is InChI=1S/C25H17F7N2O2/c1-14-18(26)10-11-19-21(14)22(35)34(20(33-19)12-15-6-3-2-4-7-15)17-9-5-8-16(13-17)23(36,24(27,28)29)25(30,31)32/h2-11,13,36H,12H2,1H3. The molecule has 4 rings (SSSR count). The molecule has 1 aromatic heterocycles. The van der Waals surface area contributed by atoms with Gasteiger partial charge in [-0.05, 0) is 42.3 Å². The third-order valence-corrected chi connectivity index (χ3v) is 5.85. The molecular weight excluding hydrogens is 493 g/mol. The van der Waals surface area contributed by atoms with Crippen molar-refractivity contribution in [3.05, 3.63) is 105 Å². The zero-order valence-electron chi connectivity index (χ0n) is 18.5. The Morgan fingerprint density at radius 2 is 1.53 bits per heavy atom. The Bertz CT molecular complexity index is 1480. The molecule has 0 unspecified atom stereocenters. The van der Waals surface area contributed by atoms with Gasteiger partial charge in [0.25, 0.3) is 11.2 Å². The number of aryl methyl sites for hydroxylation is 1. The van der Waals surface area contributed by atoms with Gasteiger partial charge in [-0.3, -0.25) is 9.36 Å². The lowest BCUT2D eigenvalue weighted by molar-refractivity contribution is -0.376. The average molecular weight is 510 g/mol. The van der Waals surface area contributed by atoms with Crippen molar-refractivity contribution >= 4 is 10.9 Å². The molecule has 0 saturated heterocycles. The average Bonchev–Trinajstić information content (AvgIpc) is 2.80. The minimum absolute atomic E-state index is 0.00980. The Morgan fingerprint density at radius 1 is 0.889 bits per heavy atom. The van der Waals surface area contributed by atoms with Gasteiger partial charge in [0.15, 0.2) is 0 Å². The van der Waals surface area contributed by atoms with Gasteiger partial charge in [-0.1, -0.05) is 42.5 Å². The van der Waals surface area contributed by atoms with Crippen LogP contribution in [0.1, 0.15) is 22.5 Å². The van der Waals surface area contributed by atoms with E-state index in [0.29, 0.717) is 17.7 Å². The molecule has 188 valence electrons. The molecule has 11 heteroatoms. The summed E-state index contributed by atoms with van der Waals surface area (Å²) in [5, 5.41) is 9.67. The summed E-state index contributed by atoms with van der Waals surface area (Å²) < 4.78 is 95.9. The van der Waals surface area contributed by atoms with E-state index in [1.165, 1.54) is 13.0 Å². The molecule has 0 aliphatic rings. The highest BCUT2D eigenvalue weighted by Crippen LogP contribution is 2.50. The van der Waals surface area contributed by atoms with Gasteiger partial charge in [0.2, 0.25) is 0 Å². The molecule has 4 aromatic rings. The first-order chi connectivity index (χ1) is 16.8. The van der Waals surface area contributed by atoms with E-state index in [1.807, 2.05) is 0 Å². The van der Waals surface area contributed by atoms with Gasteiger partial charge in [0, 0.05) is 12.0 Å². The van der Waals surface area contributed by atoms with Gasteiger partial charge >= 0.3 is 12.4 Å². The van der Waals surface area contributed by atoms with Gasteiger partial charge in [0.1, 0.15) is 11.6 Å². The Balaban J connectivity index is 2.04. The van der Waals surface area contributed by atoms with Crippen LogP contribution in [-0.4, -0.2) is 27.0 Å². The maximum Gasteiger partial charge on any atom is 0.430 e. The number of halogens is 7.